The smallest absolute Gasteiger partial charge is 0.278 e. The van der Waals surface area contributed by atoms with E-state index in [-0.39, 0.29) is 12.5 Å². The second kappa shape index (κ2) is 8.62. The molecule has 0 saturated carbocycles. The highest BCUT2D eigenvalue weighted by Gasteiger charge is 2.16. The summed E-state index contributed by atoms with van der Waals surface area (Å²) in [5.74, 6) is 0.660. The van der Waals surface area contributed by atoms with E-state index in [1.165, 1.54) is 6.21 Å². The number of aromatic nitrogens is 2. The number of hydrogen-bond donors (Lipinski definition) is 1. The first-order valence-electron chi connectivity index (χ1n) is 8.41. The highest BCUT2D eigenvalue weighted by atomic mass is 35.5. The molecule has 0 unspecified atom stereocenters. The number of hydrazone groups is 1. The molecule has 1 saturated heterocycles. The Bertz CT molecular complexity index is 806. The zero-order valence-corrected chi connectivity index (χ0v) is 15.2. The predicted molar refractivity (Wildman–Crippen MR) is 101 cm³/mol. The van der Waals surface area contributed by atoms with Gasteiger partial charge in [0.1, 0.15) is 0 Å². The van der Waals surface area contributed by atoms with Gasteiger partial charge in [-0.25, -0.2) is 10.4 Å². The van der Waals surface area contributed by atoms with E-state index in [0.29, 0.717) is 16.9 Å². The Balaban J connectivity index is 1.52. The number of carbonyl (C=O) groups is 1. The third-order valence-electron chi connectivity index (χ3n) is 3.81. The lowest BCUT2D eigenvalue weighted by atomic mass is 10.2. The van der Waals surface area contributed by atoms with Gasteiger partial charge in [-0.2, -0.15) is 10.1 Å². The molecule has 1 fully saturated rings. The Kier molecular flexibility index (Phi) is 6.01. The Morgan fingerprint density at radius 2 is 2.15 bits per heavy atom. The van der Waals surface area contributed by atoms with Crippen LogP contribution in [0.3, 0.4) is 0 Å². The SMILES string of the molecule is Cc1cc(OCC(=O)NN=Cc2cccc(Cl)c2)nc(N2CCCC2)n1. The van der Waals surface area contributed by atoms with Crippen LogP contribution in [0.4, 0.5) is 5.95 Å². The molecule has 0 bridgehead atoms. The molecule has 26 heavy (non-hydrogen) atoms. The molecule has 1 aliphatic rings. The van der Waals surface area contributed by atoms with Crippen molar-refractivity contribution in [2.45, 2.75) is 19.8 Å². The van der Waals surface area contributed by atoms with Crippen LogP contribution in [0.25, 0.3) is 0 Å². The van der Waals surface area contributed by atoms with Crippen molar-refractivity contribution in [1.82, 2.24) is 15.4 Å². The lowest BCUT2D eigenvalue weighted by molar-refractivity contribution is -0.123. The molecule has 136 valence electrons. The third-order valence-corrected chi connectivity index (χ3v) is 4.05. The maximum Gasteiger partial charge on any atom is 0.278 e. The number of carbonyl (C=O) groups excluding carboxylic acids is 1. The molecule has 0 aliphatic carbocycles. The lowest BCUT2D eigenvalue weighted by Gasteiger charge is -2.16. The van der Waals surface area contributed by atoms with Gasteiger partial charge in [-0.1, -0.05) is 23.7 Å². The average Bonchev–Trinajstić information content (AvgIpc) is 3.14. The minimum atomic E-state index is -0.373. The Morgan fingerprint density at radius 3 is 2.92 bits per heavy atom. The fourth-order valence-corrected chi connectivity index (χ4v) is 2.79. The molecule has 1 N–H and O–H groups in total. The fraction of sp³-hybridized carbons (Fsp3) is 0.333. The van der Waals surface area contributed by atoms with Crippen molar-refractivity contribution in [1.29, 1.82) is 0 Å². The number of rotatable bonds is 6. The molecule has 1 amide bonds. The van der Waals surface area contributed by atoms with Crippen LogP contribution in [-0.2, 0) is 4.79 Å². The first-order valence-corrected chi connectivity index (χ1v) is 8.79. The monoisotopic (exact) mass is 373 g/mol. The summed E-state index contributed by atoms with van der Waals surface area (Å²) in [5.41, 5.74) is 4.01. The molecule has 2 heterocycles. The van der Waals surface area contributed by atoms with Crippen LogP contribution in [0.15, 0.2) is 35.4 Å². The first kappa shape index (κ1) is 18.1. The minimum absolute atomic E-state index is 0.178. The standard InChI is InChI=1S/C18H20ClN5O2/c1-13-9-17(22-18(21-13)24-7-2-3-8-24)26-12-16(25)23-20-11-14-5-4-6-15(19)10-14/h4-6,9-11H,2-3,7-8,12H2,1H3,(H,23,25). The third kappa shape index (κ3) is 5.16. The largest absolute Gasteiger partial charge is 0.467 e. The number of nitrogens with zero attached hydrogens (tertiary/aromatic N) is 4. The lowest BCUT2D eigenvalue weighted by Crippen LogP contribution is -2.25. The van der Waals surface area contributed by atoms with E-state index in [4.69, 9.17) is 16.3 Å². The number of ether oxygens (including phenoxy) is 1. The molecule has 1 aromatic heterocycles. The van der Waals surface area contributed by atoms with Crippen LogP contribution in [0.5, 0.6) is 5.88 Å². The molecule has 0 radical (unpaired) electrons. The Morgan fingerprint density at radius 1 is 1.35 bits per heavy atom. The molecular formula is C18H20ClN5O2. The summed E-state index contributed by atoms with van der Waals surface area (Å²) < 4.78 is 5.49. The van der Waals surface area contributed by atoms with E-state index < -0.39 is 0 Å². The van der Waals surface area contributed by atoms with E-state index >= 15 is 0 Å². The Hall–Kier alpha value is -2.67. The van der Waals surface area contributed by atoms with Gasteiger partial charge in [0.2, 0.25) is 11.8 Å². The first-order chi connectivity index (χ1) is 12.6. The van der Waals surface area contributed by atoms with E-state index in [9.17, 15) is 4.79 Å². The van der Waals surface area contributed by atoms with Gasteiger partial charge in [0.15, 0.2) is 6.61 Å². The van der Waals surface area contributed by atoms with Gasteiger partial charge in [-0.05, 0) is 37.5 Å². The molecule has 3 rings (SSSR count). The highest BCUT2D eigenvalue weighted by Crippen LogP contribution is 2.19. The second-order valence-corrected chi connectivity index (χ2v) is 6.42. The van der Waals surface area contributed by atoms with Crippen LogP contribution in [0, 0.1) is 6.92 Å². The Labute approximate surface area is 157 Å². The van der Waals surface area contributed by atoms with Crippen molar-refractivity contribution < 1.29 is 9.53 Å². The van der Waals surface area contributed by atoms with Gasteiger partial charge in [0.25, 0.3) is 5.91 Å². The number of benzene rings is 1. The average molecular weight is 374 g/mol. The molecule has 0 atom stereocenters. The van der Waals surface area contributed by atoms with Crippen molar-refractivity contribution in [2.75, 3.05) is 24.6 Å². The summed E-state index contributed by atoms with van der Waals surface area (Å²) >= 11 is 5.89. The van der Waals surface area contributed by atoms with E-state index in [0.717, 1.165) is 37.2 Å². The van der Waals surface area contributed by atoms with E-state index in [1.54, 1.807) is 18.2 Å². The minimum Gasteiger partial charge on any atom is -0.467 e. The molecule has 0 spiro atoms. The zero-order valence-electron chi connectivity index (χ0n) is 14.5. The summed E-state index contributed by atoms with van der Waals surface area (Å²) in [6.45, 7) is 3.59. The number of amides is 1. The van der Waals surface area contributed by atoms with E-state index in [1.807, 2.05) is 19.1 Å². The summed E-state index contributed by atoms with van der Waals surface area (Å²) in [7, 11) is 0. The van der Waals surface area contributed by atoms with Gasteiger partial charge < -0.3 is 9.64 Å². The normalized spacial score (nSPS) is 14.0. The molecule has 1 aliphatic heterocycles. The maximum atomic E-state index is 11.9. The van der Waals surface area contributed by atoms with Crippen molar-refractivity contribution >= 4 is 29.7 Å². The molecule has 8 heteroatoms. The highest BCUT2D eigenvalue weighted by molar-refractivity contribution is 6.30. The summed E-state index contributed by atoms with van der Waals surface area (Å²) in [6.07, 6.45) is 3.80. The van der Waals surface area contributed by atoms with Crippen LogP contribution in [-0.4, -0.2) is 41.8 Å². The van der Waals surface area contributed by atoms with Crippen molar-refractivity contribution in [3.05, 3.63) is 46.6 Å². The summed E-state index contributed by atoms with van der Waals surface area (Å²) in [5, 5.41) is 4.50. The van der Waals surface area contributed by atoms with Gasteiger partial charge >= 0.3 is 0 Å². The number of aryl methyl sites for hydroxylation is 1. The van der Waals surface area contributed by atoms with Crippen molar-refractivity contribution in [3.8, 4) is 5.88 Å². The zero-order chi connectivity index (χ0) is 18.4. The predicted octanol–water partition coefficient (Wildman–Crippen LogP) is 2.57. The number of hydrogen-bond acceptors (Lipinski definition) is 6. The van der Waals surface area contributed by atoms with E-state index in [2.05, 4.69) is 25.4 Å². The van der Waals surface area contributed by atoms with Crippen LogP contribution in [0.2, 0.25) is 5.02 Å². The van der Waals surface area contributed by atoms with Crippen molar-refractivity contribution in [3.63, 3.8) is 0 Å². The molecular weight excluding hydrogens is 354 g/mol. The number of anilines is 1. The maximum absolute atomic E-state index is 11.9. The quantitative estimate of drug-likeness (QED) is 0.621. The topological polar surface area (TPSA) is 79.7 Å². The van der Waals surface area contributed by atoms with Gasteiger partial charge in [-0.3, -0.25) is 4.79 Å². The summed E-state index contributed by atoms with van der Waals surface area (Å²) in [4.78, 5) is 22.8. The molecule has 7 nitrogen and oxygen atoms in total. The van der Waals surface area contributed by atoms with Gasteiger partial charge in [-0.15, -0.1) is 0 Å². The summed E-state index contributed by atoms with van der Waals surface area (Å²) in [6, 6.07) is 8.87. The van der Waals surface area contributed by atoms with Crippen LogP contribution < -0.4 is 15.1 Å². The number of halogens is 1. The number of nitrogens with one attached hydrogen (secondary N) is 1. The fourth-order valence-electron chi connectivity index (χ4n) is 2.59. The van der Waals surface area contributed by atoms with Crippen molar-refractivity contribution in [2.24, 2.45) is 5.10 Å². The van der Waals surface area contributed by atoms with Gasteiger partial charge in [0.05, 0.1) is 6.21 Å². The van der Waals surface area contributed by atoms with Gasteiger partial charge in [0, 0.05) is 29.9 Å². The molecule has 1 aromatic carbocycles. The van der Waals surface area contributed by atoms with Crippen LogP contribution in [0.1, 0.15) is 24.1 Å². The molecule has 2 aromatic rings. The second-order valence-electron chi connectivity index (χ2n) is 5.98. The van der Waals surface area contributed by atoms with Crippen LogP contribution >= 0.6 is 11.6 Å².